The highest BCUT2D eigenvalue weighted by Crippen LogP contribution is 2.23. The fourth-order valence-electron chi connectivity index (χ4n) is 2.96. The van der Waals surface area contributed by atoms with Gasteiger partial charge in [-0.25, -0.2) is 0 Å². The molecule has 148 valence electrons. The van der Waals surface area contributed by atoms with Crippen LogP contribution in [0.5, 0.6) is 0 Å². The minimum Gasteiger partial charge on any atom is -0.348 e. The van der Waals surface area contributed by atoms with Crippen LogP contribution in [0.15, 0.2) is 47.1 Å². The van der Waals surface area contributed by atoms with Crippen LogP contribution in [0, 0.1) is 6.92 Å². The number of benzene rings is 1. The van der Waals surface area contributed by atoms with Crippen LogP contribution in [0.1, 0.15) is 42.5 Å². The molecule has 0 aliphatic heterocycles. The second kappa shape index (κ2) is 7.83. The number of pyridine rings is 1. The molecule has 3 aromatic heterocycles. The number of aromatic nitrogens is 5. The third-order valence-electron chi connectivity index (χ3n) is 4.62. The van der Waals surface area contributed by atoms with E-state index in [2.05, 4.69) is 25.7 Å². The van der Waals surface area contributed by atoms with Crippen LogP contribution >= 0.6 is 0 Å². The van der Waals surface area contributed by atoms with Gasteiger partial charge in [0.15, 0.2) is 17.3 Å². The topological polar surface area (TPSA) is 98.2 Å². The number of carbonyl (C=O) groups is 1. The summed E-state index contributed by atoms with van der Waals surface area (Å²) in [6.45, 7) is 6.30. The molecule has 8 heteroatoms. The Labute approximate surface area is 168 Å². The van der Waals surface area contributed by atoms with Crippen molar-refractivity contribution in [3.8, 4) is 11.5 Å². The quantitative estimate of drug-likeness (QED) is 0.543. The first-order valence-electron chi connectivity index (χ1n) is 9.50. The molecule has 1 amide bonds. The molecule has 29 heavy (non-hydrogen) atoms. The molecule has 0 aliphatic rings. The average Bonchev–Trinajstić information content (AvgIpc) is 3.35. The van der Waals surface area contributed by atoms with Gasteiger partial charge >= 0.3 is 0 Å². The highest BCUT2D eigenvalue weighted by Gasteiger charge is 2.17. The van der Waals surface area contributed by atoms with Gasteiger partial charge in [-0.15, -0.1) is 10.2 Å². The number of hydrogen-bond donors (Lipinski definition) is 1. The van der Waals surface area contributed by atoms with E-state index in [4.69, 9.17) is 4.52 Å². The van der Waals surface area contributed by atoms with Gasteiger partial charge in [-0.05, 0) is 24.6 Å². The van der Waals surface area contributed by atoms with Crippen molar-refractivity contribution in [1.82, 2.24) is 30.1 Å². The van der Waals surface area contributed by atoms with Crippen molar-refractivity contribution in [3.05, 3.63) is 65.4 Å². The normalized spacial score (nSPS) is 11.3. The molecule has 0 saturated carbocycles. The van der Waals surface area contributed by atoms with Gasteiger partial charge in [0.05, 0.1) is 18.5 Å². The van der Waals surface area contributed by atoms with Gasteiger partial charge in [0.25, 0.3) is 5.89 Å². The van der Waals surface area contributed by atoms with Gasteiger partial charge in [-0.2, -0.15) is 4.98 Å². The van der Waals surface area contributed by atoms with Gasteiger partial charge in [0.1, 0.15) is 0 Å². The second-order valence-electron chi connectivity index (χ2n) is 7.28. The van der Waals surface area contributed by atoms with Crippen molar-refractivity contribution in [1.29, 1.82) is 0 Å². The molecule has 0 radical (unpaired) electrons. The van der Waals surface area contributed by atoms with E-state index in [1.807, 2.05) is 67.8 Å². The molecule has 0 saturated heterocycles. The molecular weight excluding hydrogens is 368 g/mol. The van der Waals surface area contributed by atoms with E-state index < -0.39 is 0 Å². The SMILES string of the molecule is Cc1ccc(CC(=O)NCc2nnc3c(-c4nc(C(C)C)no4)cccn23)cc1. The molecule has 0 aliphatic carbocycles. The highest BCUT2D eigenvalue weighted by molar-refractivity contribution is 5.78. The Balaban J connectivity index is 1.50. The lowest BCUT2D eigenvalue weighted by atomic mass is 10.1. The first-order valence-corrected chi connectivity index (χ1v) is 9.50. The van der Waals surface area contributed by atoms with Gasteiger partial charge < -0.3 is 9.84 Å². The van der Waals surface area contributed by atoms with Crippen molar-refractivity contribution in [2.45, 2.75) is 39.7 Å². The van der Waals surface area contributed by atoms with Gasteiger partial charge in [-0.3, -0.25) is 9.20 Å². The van der Waals surface area contributed by atoms with E-state index in [1.165, 1.54) is 5.56 Å². The van der Waals surface area contributed by atoms with E-state index >= 15 is 0 Å². The largest absolute Gasteiger partial charge is 0.348 e. The first kappa shape index (κ1) is 18.8. The van der Waals surface area contributed by atoms with E-state index in [9.17, 15) is 4.79 Å². The van der Waals surface area contributed by atoms with Gasteiger partial charge in [0, 0.05) is 12.1 Å². The fourth-order valence-corrected chi connectivity index (χ4v) is 2.96. The van der Waals surface area contributed by atoms with Crippen LogP contribution in [-0.4, -0.2) is 30.6 Å². The average molecular weight is 390 g/mol. The van der Waals surface area contributed by atoms with Gasteiger partial charge in [-0.1, -0.05) is 48.8 Å². The molecule has 0 bridgehead atoms. The summed E-state index contributed by atoms with van der Waals surface area (Å²) in [5.74, 6) is 1.78. The number of hydrogen-bond acceptors (Lipinski definition) is 6. The van der Waals surface area contributed by atoms with Crippen LogP contribution in [-0.2, 0) is 17.8 Å². The lowest BCUT2D eigenvalue weighted by Crippen LogP contribution is -2.25. The maximum Gasteiger partial charge on any atom is 0.261 e. The third kappa shape index (κ3) is 4.01. The molecule has 8 nitrogen and oxygen atoms in total. The second-order valence-corrected chi connectivity index (χ2v) is 7.28. The molecule has 0 atom stereocenters. The van der Waals surface area contributed by atoms with Crippen molar-refractivity contribution in [3.63, 3.8) is 0 Å². The molecular formula is C21H22N6O2. The Morgan fingerprint density at radius 1 is 1.17 bits per heavy atom. The number of aryl methyl sites for hydroxylation is 1. The summed E-state index contributed by atoms with van der Waals surface area (Å²) in [5, 5.41) is 15.4. The van der Waals surface area contributed by atoms with E-state index in [1.54, 1.807) is 0 Å². The number of nitrogens with zero attached hydrogens (tertiary/aromatic N) is 5. The maximum atomic E-state index is 12.3. The zero-order valence-corrected chi connectivity index (χ0v) is 16.6. The number of carbonyl (C=O) groups excluding carboxylic acids is 1. The Hall–Kier alpha value is -3.55. The fraction of sp³-hybridized carbons (Fsp3) is 0.286. The van der Waals surface area contributed by atoms with Crippen LogP contribution < -0.4 is 5.32 Å². The van der Waals surface area contributed by atoms with Crippen molar-refractivity contribution in [2.75, 3.05) is 0 Å². The predicted molar refractivity (Wildman–Crippen MR) is 107 cm³/mol. The van der Waals surface area contributed by atoms with Crippen LogP contribution in [0.2, 0.25) is 0 Å². The minimum atomic E-state index is -0.0692. The van der Waals surface area contributed by atoms with Gasteiger partial charge in [0.2, 0.25) is 5.91 Å². The number of rotatable bonds is 6. The molecule has 4 rings (SSSR count). The molecule has 1 aromatic carbocycles. The zero-order chi connectivity index (χ0) is 20.4. The highest BCUT2D eigenvalue weighted by atomic mass is 16.5. The number of amides is 1. The van der Waals surface area contributed by atoms with Crippen LogP contribution in [0.4, 0.5) is 0 Å². The molecule has 0 unspecified atom stereocenters. The zero-order valence-electron chi connectivity index (χ0n) is 16.6. The summed E-state index contributed by atoms with van der Waals surface area (Å²) < 4.78 is 7.21. The standard InChI is InChI=1S/C21H22N6O2/c1-13(2)19-23-21(29-26-19)16-5-4-10-27-17(24-25-20(16)27)12-22-18(28)11-15-8-6-14(3)7-9-15/h4-10,13H,11-12H2,1-3H3,(H,22,28). The minimum absolute atomic E-state index is 0.0692. The van der Waals surface area contributed by atoms with Crippen LogP contribution in [0.25, 0.3) is 17.1 Å². The summed E-state index contributed by atoms with van der Waals surface area (Å²) in [4.78, 5) is 16.7. The summed E-state index contributed by atoms with van der Waals surface area (Å²) in [6.07, 6.45) is 2.17. The number of fused-ring (bicyclic) bond motifs is 1. The Morgan fingerprint density at radius 2 is 1.97 bits per heavy atom. The smallest absolute Gasteiger partial charge is 0.261 e. The molecule has 4 aromatic rings. The van der Waals surface area contributed by atoms with Crippen molar-refractivity contribution >= 4 is 11.6 Å². The summed E-state index contributed by atoms with van der Waals surface area (Å²) in [7, 11) is 0. The molecule has 0 spiro atoms. The van der Waals surface area contributed by atoms with E-state index in [0.717, 1.165) is 5.56 Å². The van der Waals surface area contributed by atoms with Crippen LogP contribution in [0.3, 0.4) is 0 Å². The molecule has 3 heterocycles. The molecule has 0 fully saturated rings. The van der Waals surface area contributed by atoms with E-state index in [0.29, 0.717) is 35.2 Å². The lowest BCUT2D eigenvalue weighted by Gasteiger charge is -2.05. The Kier molecular flexibility index (Phi) is 5.07. The third-order valence-corrected chi connectivity index (χ3v) is 4.62. The Morgan fingerprint density at radius 3 is 2.69 bits per heavy atom. The summed E-state index contributed by atoms with van der Waals surface area (Å²) >= 11 is 0. The predicted octanol–water partition coefficient (Wildman–Crippen LogP) is 3.07. The maximum absolute atomic E-state index is 12.3. The molecule has 1 N–H and O–H groups in total. The summed E-state index contributed by atoms with van der Waals surface area (Å²) in [6, 6.07) is 11.6. The monoisotopic (exact) mass is 390 g/mol. The summed E-state index contributed by atoms with van der Waals surface area (Å²) in [5.41, 5.74) is 3.45. The van der Waals surface area contributed by atoms with Crippen molar-refractivity contribution in [2.24, 2.45) is 0 Å². The Bertz CT molecular complexity index is 1140. The van der Waals surface area contributed by atoms with E-state index in [-0.39, 0.29) is 18.4 Å². The first-order chi connectivity index (χ1) is 14.0. The lowest BCUT2D eigenvalue weighted by molar-refractivity contribution is -0.120. The number of nitrogens with one attached hydrogen (secondary N) is 1. The van der Waals surface area contributed by atoms with Crippen molar-refractivity contribution < 1.29 is 9.32 Å².